The summed E-state index contributed by atoms with van der Waals surface area (Å²) in [4.78, 5) is 11.8. The maximum atomic E-state index is 13.1. The number of amides is 1. The van der Waals surface area contributed by atoms with Crippen LogP contribution in [0.15, 0.2) is 18.2 Å². The van der Waals surface area contributed by atoms with Crippen LogP contribution in [0.3, 0.4) is 0 Å². The highest BCUT2D eigenvalue weighted by atomic mass is 19.1. The molecule has 0 saturated heterocycles. The maximum absolute atomic E-state index is 13.1. The lowest BCUT2D eigenvalue weighted by atomic mass is 9.91. The molecule has 0 radical (unpaired) electrons. The minimum atomic E-state index is -0.469. The second-order valence-corrected chi connectivity index (χ2v) is 7.30. The molecule has 128 valence electrons. The Labute approximate surface area is 137 Å². The lowest BCUT2D eigenvalue weighted by Crippen LogP contribution is -2.42. The molecule has 1 fully saturated rings. The topological polar surface area (TPSA) is 50.4 Å². The molecular weight excluding hydrogens is 295 g/mol. The summed E-state index contributed by atoms with van der Waals surface area (Å²) in [7, 11) is 0. The van der Waals surface area contributed by atoms with Crippen LogP contribution < -0.4 is 10.6 Å². The average molecular weight is 322 g/mol. The Morgan fingerprint density at radius 1 is 1.17 bits per heavy atom. The van der Waals surface area contributed by atoms with Gasteiger partial charge in [-0.05, 0) is 77.1 Å². The van der Waals surface area contributed by atoms with Crippen molar-refractivity contribution in [2.75, 3.05) is 5.32 Å². The third kappa shape index (κ3) is 5.73. The zero-order valence-electron chi connectivity index (χ0n) is 14.4. The SMILES string of the molecule is Cc1cc(F)ccc1NC1CCC(NC(=O)OC(C)(C)C)CC1. The number of carbonyl (C=O) groups excluding carboxylic acids is 1. The van der Waals surface area contributed by atoms with Crippen LogP contribution in [0.1, 0.15) is 52.0 Å². The molecule has 1 aliphatic carbocycles. The smallest absolute Gasteiger partial charge is 0.407 e. The van der Waals surface area contributed by atoms with Gasteiger partial charge in [0.05, 0.1) is 0 Å². The van der Waals surface area contributed by atoms with E-state index in [0.717, 1.165) is 36.9 Å². The number of aryl methyl sites for hydroxylation is 1. The van der Waals surface area contributed by atoms with Crippen LogP contribution in [0.5, 0.6) is 0 Å². The number of rotatable bonds is 3. The highest BCUT2D eigenvalue weighted by Gasteiger charge is 2.24. The molecule has 0 spiro atoms. The van der Waals surface area contributed by atoms with Gasteiger partial charge < -0.3 is 15.4 Å². The molecule has 5 heteroatoms. The van der Waals surface area contributed by atoms with Gasteiger partial charge >= 0.3 is 6.09 Å². The largest absolute Gasteiger partial charge is 0.444 e. The van der Waals surface area contributed by atoms with E-state index in [4.69, 9.17) is 4.74 Å². The molecule has 2 rings (SSSR count). The Balaban J connectivity index is 1.79. The van der Waals surface area contributed by atoms with Gasteiger partial charge in [-0.25, -0.2) is 9.18 Å². The number of halogens is 1. The number of hydrogen-bond acceptors (Lipinski definition) is 3. The number of anilines is 1. The molecule has 0 aliphatic heterocycles. The fourth-order valence-corrected chi connectivity index (χ4v) is 2.87. The molecule has 0 bridgehead atoms. The molecule has 0 heterocycles. The molecule has 0 atom stereocenters. The van der Waals surface area contributed by atoms with Gasteiger partial charge in [0, 0.05) is 17.8 Å². The van der Waals surface area contributed by atoms with Crippen LogP contribution in [0.25, 0.3) is 0 Å². The Bertz CT molecular complexity index is 546. The minimum absolute atomic E-state index is 0.164. The number of nitrogens with one attached hydrogen (secondary N) is 2. The van der Waals surface area contributed by atoms with Crippen molar-refractivity contribution in [2.45, 2.75) is 71.1 Å². The van der Waals surface area contributed by atoms with Gasteiger partial charge in [0.1, 0.15) is 11.4 Å². The van der Waals surface area contributed by atoms with Crippen LogP contribution in [0.4, 0.5) is 14.9 Å². The number of hydrogen-bond donors (Lipinski definition) is 2. The first-order chi connectivity index (χ1) is 10.7. The summed E-state index contributed by atoms with van der Waals surface area (Å²) < 4.78 is 18.4. The van der Waals surface area contributed by atoms with Crippen LogP contribution in [-0.4, -0.2) is 23.8 Å². The Kier molecular flexibility index (Phi) is 5.50. The van der Waals surface area contributed by atoms with Crippen molar-refractivity contribution < 1.29 is 13.9 Å². The van der Waals surface area contributed by atoms with Crippen molar-refractivity contribution in [2.24, 2.45) is 0 Å². The quantitative estimate of drug-likeness (QED) is 0.868. The molecule has 23 heavy (non-hydrogen) atoms. The van der Waals surface area contributed by atoms with E-state index in [1.807, 2.05) is 27.7 Å². The van der Waals surface area contributed by atoms with Crippen molar-refractivity contribution in [3.8, 4) is 0 Å². The zero-order chi connectivity index (χ0) is 17.0. The van der Waals surface area contributed by atoms with Gasteiger partial charge in [-0.1, -0.05) is 0 Å². The normalized spacial score (nSPS) is 21.6. The lowest BCUT2D eigenvalue weighted by molar-refractivity contribution is 0.0492. The first kappa shape index (κ1) is 17.6. The van der Waals surface area contributed by atoms with Crippen molar-refractivity contribution in [1.82, 2.24) is 5.32 Å². The van der Waals surface area contributed by atoms with E-state index < -0.39 is 5.60 Å². The third-order valence-electron chi connectivity index (χ3n) is 4.00. The summed E-state index contributed by atoms with van der Waals surface area (Å²) in [5.41, 5.74) is 1.43. The number of ether oxygens (including phenoxy) is 1. The summed E-state index contributed by atoms with van der Waals surface area (Å²) in [6.07, 6.45) is 3.42. The monoisotopic (exact) mass is 322 g/mol. The van der Waals surface area contributed by atoms with Gasteiger partial charge in [-0.3, -0.25) is 0 Å². The molecule has 0 unspecified atom stereocenters. The lowest BCUT2D eigenvalue weighted by Gasteiger charge is -2.31. The molecular formula is C18H27FN2O2. The molecule has 1 aromatic carbocycles. The second kappa shape index (κ2) is 7.20. The Morgan fingerprint density at radius 3 is 2.35 bits per heavy atom. The summed E-state index contributed by atoms with van der Waals surface area (Å²) in [5, 5.41) is 6.42. The first-order valence-electron chi connectivity index (χ1n) is 8.25. The summed E-state index contributed by atoms with van der Waals surface area (Å²) in [6, 6.07) is 5.33. The van der Waals surface area contributed by atoms with Gasteiger partial charge in [0.25, 0.3) is 0 Å². The predicted octanol–water partition coefficient (Wildman–Crippen LogP) is 4.38. The summed E-state index contributed by atoms with van der Waals surface area (Å²) >= 11 is 0. The molecule has 2 N–H and O–H groups in total. The van der Waals surface area contributed by atoms with Crippen LogP contribution >= 0.6 is 0 Å². The third-order valence-corrected chi connectivity index (χ3v) is 4.00. The highest BCUT2D eigenvalue weighted by Crippen LogP contribution is 2.24. The highest BCUT2D eigenvalue weighted by molar-refractivity contribution is 5.68. The van der Waals surface area contributed by atoms with Gasteiger partial charge in [0.2, 0.25) is 0 Å². The van der Waals surface area contributed by atoms with Crippen molar-refractivity contribution in [1.29, 1.82) is 0 Å². The van der Waals surface area contributed by atoms with E-state index in [9.17, 15) is 9.18 Å². The fraction of sp³-hybridized carbons (Fsp3) is 0.611. The van der Waals surface area contributed by atoms with Crippen molar-refractivity contribution in [3.05, 3.63) is 29.6 Å². The maximum Gasteiger partial charge on any atom is 0.407 e. The van der Waals surface area contributed by atoms with Gasteiger partial charge in [-0.15, -0.1) is 0 Å². The van der Waals surface area contributed by atoms with E-state index in [2.05, 4.69) is 10.6 Å². The zero-order valence-corrected chi connectivity index (χ0v) is 14.4. The standard InChI is InChI=1S/C18H27FN2O2/c1-12-11-13(19)5-10-16(12)20-14-6-8-15(9-7-14)21-17(22)23-18(2,3)4/h5,10-11,14-15,20H,6-9H2,1-4H3,(H,21,22). The van der Waals surface area contributed by atoms with E-state index in [0.29, 0.717) is 6.04 Å². The first-order valence-corrected chi connectivity index (χ1v) is 8.25. The molecule has 1 saturated carbocycles. The molecule has 4 nitrogen and oxygen atoms in total. The molecule has 1 aliphatic rings. The van der Waals surface area contributed by atoms with Crippen LogP contribution in [0.2, 0.25) is 0 Å². The molecule has 0 aromatic heterocycles. The Hall–Kier alpha value is -1.78. The van der Waals surface area contributed by atoms with Gasteiger partial charge in [-0.2, -0.15) is 0 Å². The number of carbonyl (C=O) groups is 1. The van der Waals surface area contributed by atoms with Crippen molar-refractivity contribution >= 4 is 11.8 Å². The number of alkyl carbamates (subject to hydrolysis) is 1. The summed E-state index contributed by atoms with van der Waals surface area (Å²) in [6.45, 7) is 7.48. The van der Waals surface area contributed by atoms with E-state index >= 15 is 0 Å². The summed E-state index contributed by atoms with van der Waals surface area (Å²) in [5.74, 6) is -0.210. The number of benzene rings is 1. The van der Waals surface area contributed by atoms with Gasteiger partial charge in [0.15, 0.2) is 0 Å². The van der Waals surface area contributed by atoms with Crippen LogP contribution in [-0.2, 0) is 4.74 Å². The van der Waals surface area contributed by atoms with E-state index in [-0.39, 0.29) is 18.0 Å². The second-order valence-electron chi connectivity index (χ2n) is 7.30. The molecule has 1 aromatic rings. The van der Waals surface area contributed by atoms with Crippen LogP contribution in [0, 0.1) is 12.7 Å². The minimum Gasteiger partial charge on any atom is -0.444 e. The fourth-order valence-electron chi connectivity index (χ4n) is 2.87. The predicted molar refractivity (Wildman–Crippen MR) is 90.2 cm³/mol. The molecule has 1 amide bonds. The van der Waals surface area contributed by atoms with Crippen molar-refractivity contribution in [3.63, 3.8) is 0 Å². The Morgan fingerprint density at radius 2 is 1.78 bits per heavy atom. The van der Waals surface area contributed by atoms with E-state index in [1.54, 1.807) is 6.07 Å². The average Bonchev–Trinajstić information content (AvgIpc) is 2.42. The van der Waals surface area contributed by atoms with E-state index in [1.165, 1.54) is 12.1 Å².